The normalized spacial score (nSPS) is 12.4. The Morgan fingerprint density at radius 3 is 2.84 bits per heavy atom. The van der Waals surface area contributed by atoms with Crippen LogP contribution < -0.4 is 10.2 Å². The number of rotatable bonds is 9. The first-order chi connectivity index (χ1) is 9.13. The van der Waals surface area contributed by atoms with E-state index in [0.29, 0.717) is 6.61 Å². The molecule has 1 heterocycles. The molecule has 0 aliphatic rings. The summed E-state index contributed by atoms with van der Waals surface area (Å²) >= 11 is 0. The Kier molecular flexibility index (Phi) is 7.40. The summed E-state index contributed by atoms with van der Waals surface area (Å²) in [5, 5.41) is 12.5. The molecule has 1 aromatic rings. The SMILES string of the molecule is COCCNCc1ccc(N(C)CCC(C)O)nc1. The van der Waals surface area contributed by atoms with Crippen molar-refractivity contribution in [3.63, 3.8) is 0 Å². The second kappa shape index (κ2) is 8.85. The van der Waals surface area contributed by atoms with Gasteiger partial charge in [0.05, 0.1) is 12.7 Å². The Bertz CT molecular complexity index is 341. The predicted molar refractivity (Wildman–Crippen MR) is 77.4 cm³/mol. The lowest BCUT2D eigenvalue weighted by molar-refractivity contribution is 0.187. The molecular weight excluding hydrogens is 242 g/mol. The number of ether oxygens (including phenoxy) is 1. The van der Waals surface area contributed by atoms with Crippen LogP contribution in [0, 0.1) is 0 Å². The molecule has 1 rings (SSSR count). The summed E-state index contributed by atoms with van der Waals surface area (Å²) in [4.78, 5) is 6.48. The van der Waals surface area contributed by atoms with Crippen LogP contribution in [0.15, 0.2) is 18.3 Å². The summed E-state index contributed by atoms with van der Waals surface area (Å²) in [6.07, 6.45) is 2.36. The number of anilines is 1. The van der Waals surface area contributed by atoms with E-state index in [1.807, 2.05) is 19.3 Å². The maximum Gasteiger partial charge on any atom is 0.128 e. The van der Waals surface area contributed by atoms with Gasteiger partial charge >= 0.3 is 0 Å². The van der Waals surface area contributed by atoms with Crippen molar-refractivity contribution in [2.75, 3.05) is 38.8 Å². The number of nitrogens with one attached hydrogen (secondary N) is 1. The number of aliphatic hydroxyl groups excluding tert-OH is 1. The van der Waals surface area contributed by atoms with Gasteiger partial charge in [0.1, 0.15) is 5.82 Å². The van der Waals surface area contributed by atoms with Crippen molar-refractivity contribution in [3.05, 3.63) is 23.9 Å². The van der Waals surface area contributed by atoms with Gasteiger partial charge in [-0.25, -0.2) is 4.98 Å². The third kappa shape index (κ3) is 6.52. The molecule has 19 heavy (non-hydrogen) atoms. The van der Waals surface area contributed by atoms with Gasteiger partial charge in [-0.2, -0.15) is 0 Å². The van der Waals surface area contributed by atoms with E-state index in [1.165, 1.54) is 0 Å². The van der Waals surface area contributed by atoms with Crippen LogP contribution in [0.25, 0.3) is 0 Å². The molecule has 0 bridgehead atoms. The summed E-state index contributed by atoms with van der Waals surface area (Å²) < 4.78 is 4.97. The first kappa shape index (κ1) is 15.9. The molecular formula is C14H25N3O2. The summed E-state index contributed by atoms with van der Waals surface area (Å²) in [5.41, 5.74) is 1.16. The highest BCUT2D eigenvalue weighted by Gasteiger charge is 2.04. The summed E-state index contributed by atoms with van der Waals surface area (Å²) in [5.74, 6) is 0.932. The molecule has 1 aromatic heterocycles. The molecule has 0 fully saturated rings. The summed E-state index contributed by atoms with van der Waals surface area (Å²) in [6, 6.07) is 4.08. The highest BCUT2D eigenvalue weighted by atomic mass is 16.5. The van der Waals surface area contributed by atoms with Crippen LogP contribution in [0.2, 0.25) is 0 Å². The van der Waals surface area contributed by atoms with Gasteiger partial charge < -0.3 is 20.1 Å². The highest BCUT2D eigenvalue weighted by molar-refractivity contribution is 5.38. The minimum Gasteiger partial charge on any atom is -0.393 e. The molecule has 2 N–H and O–H groups in total. The minimum absolute atomic E-state index is 0.272. The molecule has 0 aromatic carbocycles. The molecule has 0 radical (unpaired) electrons. The molecule has 0 saturated carbocycles. The topological polar surface area (TPSA) is 57.6 Å². The van der Waals surface area contributed by atoms with Crippen molar-refractivity contribution < 1.29 is 9.84 Å². The van der Waals surface area contributed by atoms with E-state index in [1.54, 1.807) is 14.0 Å². The fourth-order valence-corrected chi connectivity index (χ4v) is 1.65. The quantitative estimate of drug-likeness (QED) is 0.654. The lowest BCUT2D eigenvalue weighted by Gasteiger charge is -2.19. The fourth-order valence-electron chi connectivity index (χ4n) is 1.65. The minimum atomic E-state index is -0.272. The number of methoxy groups -OCH3 is 1. The number of nitrogens with zero attached hydrogens (tertiary/aromatic N) is 2. The van der Waals surface area contributed by atoms with Crippen molar-refractivity contribution in [2.24, 2.45) is 0 Å². The van der Waals surface area contributed by atoms with Gasteiger partial charge in [0.2, 0.25) is 0 Å². The molecule has 1 atom stereocenters. The van der Waals surface area contributed by atoms with E-state index in [9.17, 15) is 5.11 Å². The second-order valence-corrected chi connectivity index (χ2v) is 4.75. The lowest BCUT2D eigenvalue weighted by atomic mass is 10.2. The standard InChI is InChI=1S/C14H25N3O2/c1-12(18)6-8-17(2)14-5-4-13(11-16-14)10-15-7-9-19-3/h4-5,11-12,15,18H,6-10H2,1-3H3. The Morgan fingerprint density at radius 2 is 2.26 bits per heavy atom. The third-order valence-corrected chi connectivity index (χ3v) is 2.89. The molecule has 108 valence electrons. The van der Waals surface area contributed by atoms with E-state index in [-0.39, 0.29) is 6.10 Å². The van der Waals surface area contributed by atoms with Gasteiger partial charge in [-0.1, -0.05) is 6.07 Å². The predicted octanol–water partition coefficient (Wildman–Crippen LogP) is 1.02. The molecule has 5 nitrogen and oxygen atoms in total. The first-order valence-electron chi connectivity index (χ1n) is 6.67. The van der Waals surface area contributed by atoms with Crippen molar-refractivity contribution in [1.29, 1.82) is 0 Å². The molecule has 0 amide bonds. The van der Waals surface area contributed by atoms with E-state index < -0.39 is 0 Å². The fraction of sp³-hybridized carbons (Fsp3) is 0.643. The zero-order chi connectivity index (χ0) is 14.1. The molecule has 0 saturated heterocycles. The average Bonchev–Trinajstić information content (AvgIpc) is 2.41. The molecule has 5 heteroatoms. The maximum atomic E-state index is 9.27. The maximum absolute atomic E-state index is 9.27. The third-order valence-electron chi connectivity index (χ3n) is 2.89. The van der Waals surface area contributed by atoms with Crippen LogP contribution in [-0.2, 0) is 11.3 Å². The number of hydrogen-bond acceptors (Lipinski definition) is 5. The number of aliphatic hydroxyl groups is 1. The monoisotopic (exact) mass is 267 g/mol. The van der Waals surface area contributed by atoms with Gasteiger partial charge in [0, 0.05) is 40.0 Å². The zero-order valence-corrected chi connectivity index (χ0v) is 12.1. The van der Waals surface area contributed by atoms with Crippen LogP contribution in [-0.4, -0.2) is 50.0 Å². The highest BCUT2D eigenvalue weighted by Crippen LogP contribution is 2.10. The first-order valence-corrected chi connectivity index (χ1v) is 6.67. The average molecular weight is 267 g/mol. The van der Waals surface area contributed by atoms with Gasteiger partial charge in [-0.05, 0) is 25.0 Å². The van der Waals surface area contributed by atoms with Crippen LogP contribution in [0.3, 0.4) is 0 Å². The number of pyridine rings is 1. The van der Waals surface area contributed by atoms with Gasteiger partial charge in [-0.3, -0.25) is 0 Å². The van der Waals surface area contributed by atoms with E-state index in [2.05, 4.69) is 21.3 Å². The van der Waals surface area contributed by atoms with Crippen molar-refractivity contribution >= 4 is 5.82 Å². The summed E-state index contributed by atoms with van der Waals surface area (Å²) in [6.45, 7) is 4.96. The molecule has 0 aliphatic carbocycles. The Hall–Kier alpha value is -1.17. The lowest BCUT2D eigenvalue weighted by Crippen LogP contribution is -2.23. The number of aromatic nitrogens is 1. The Balaban J connectivity index is 2.37. The van der Waals surface area contributed by atoms with Crippen LogP contribution in [0.1, 0.15) is 18.9 Å². The second-order valence-electron chi connectivity index (χ2n) is 4.75. The van der Waals surface area contributed by atoms with E-state index in [0.717, 1.165) is 37.4 Å². The van der Waals surface area contributed by atoms with Gasteiger partial charge in [0.15, 0.2) is 0 Å². The summed E-state index contributed by atoms with van der Waals surface area (Å²) in [7, 11) is 3.68. The van der Waals surface area contributed by atoms with E-state index >= 15 is 0 Å². The molecule has 0 spiro atoms. The molecule has 0 aliphatic heterocycles. The van der Waals surface area contributed by atoms with E-state index in [4.69, 9.17) is 4.74 Å². The van der Waals surface area contributed by atoms with Crippen LogP contribution in [0.5, 0.6) is 0 Å². The largest absolute Gasteiger partial charge is 0.393 e. The van der Waals surface area contributed by atoms with Crippen LogP contribution in [0.4, 0.5) is 5.82 Å². The van der Waals surface area contributed by atoms with Gasteiger partial charge in [0.25, 0.3) is 0 Å². The molecule has 1 unspecified atom stereocenters. The Labute approximate surface area is 115 Å². The van der Waals surface area contributed by atoms with Crippen molar-refractivity contribution in [1.82, 2.24) is 10.3 Å². The number of hydrogen-bond donors (Lipinski definition) is 2. The van der Waals surface area contributed by atoms with Gasteiger partial charge in [-0.15, -0.1) is 0 Å². The zero-order valence-electron chi connectivity index (χ0n) is 12.1. The van der Waals surface area contributed by atoms with Crippen LogP contribution >= 0.6 is 0 Å². The smallest absolute Gasteiger partial charge is 0.128 e. The van der Waals surface area contributed by atoms with Crippen molar-refractivity contribution in [2.45, 2.75) is 26.0 Å². The Morgan fingerprint density at radius 1 is 1.47 bits per heavy atom. The van der Waals surface area contributed by atoms with Crippen molar-refractivity contribution in [3.8, 4) is 0 Å².